The third-order valence-corrected chi connectivity index (χ3v) is 3.67. The fourth-order valence-electron chi connectivity index (χ4n) is 1.80. The van der Waals surface area contributed by atoms with Crippen molar-refractivity contribution in [1.29, 1.82) is 0 Å². The summed E-state index contributed by atoms with van der Waals surface area (Å²) in [7, 11) is 0. The Labute approximate surface area is 99.8 Å². The standard InChI is InChI=1S/C10H17N5S/c1-7-5-9(13-10(12-7)14-11)15-3-4-16-8(2)6-15/h5,8H,3-4,6,11H2,1-2H3,(H,12,13,14). The summed E-state index contributed by atoms with van der Waals surface area (Å²) < 4.78 is 0. The number of thioether (sulfide) groups is 1. The SMILES string of the molecule is Cc1cc(N2CCSC(C)C2)nc(NN)n1. The first-order chi connectivity index (χ1) is 7.69. The van der Waals surface area contributed by atoms with E-state index in [2.05, 4.69) is 27.2 Å². The molecule has 0 amide bonds. The topological polar surface area (TPSA) is 67.1 Å². The monoisotopic (exact) mass is 239 g/mol. The van der Waals surface area contributed by atoms with Gasteiger partial charge in [-0.05, 0) is 6.92 Å². The molecule has 1 aliphatic heterocycles. The smallest absolute Gasteiger partial charge is 0.239 e. The summed E-state index contributed by atoms with van der Waals surface area (Å²) in [5, 5.41) is 0.651. The number of rotatable bonds is 2. The summed E-state index contributed by atoms with van der Waals surface area (Å²) in [6.07, 6.45) is 0. The van der Waals surface area contributed by atoms with Crippen LogP contribution in [0.4, 0.5) is 11.8 Å². The number of hydrogen-bond acceptors (Lipinski definition) is 6. The number of nitrogen functional groups attached to an aromatic ring is 1. The molecule has 1 saturated heterocycles. The molecule has 0 radical (unpaired) electrons. The summed E-state index contributed by atoms with van der Waals surface area (Å²) in [5.74, 6) is 7.95. The lowest BCUT2D eigenvalue weighted by Crippen LogP contribution is -2.37. The molecule has 1 atom stereocenters. The first-order valence-corrected chi connectivity index (χ1v) is 6.43. The van der Waals surface area contributed by atoms with E-state index in [1.54, 1.807) is 0 Å². The lowest BCUT2D eigenvalue weighted by Gasteiger charge is -2.31. The van der Waals surface area contributed by atoms with E-state index in [-0.39, 0.29) is 0 Å². The number of nitrogens with two attached hydrogens (primary N) is 1. The molecule has 0 saturated carbocycles. The predicted octanol–water partition coefficient (Wildman–Crippen LogP) is 1.01. The highest BCUT2D eigenvalue weighted by Crippen LogP contribution is 2.23. The van der Waals surface area contributed by atoms with Crippen LogP contribution in [0.15, 0.2) is 6.07 Å². The number of hydrogen-bond donors (Lipinski definition) is 2. The molecule has 1 unspecified atom stereocenters. The Kier molecular flexibility index (Phi) is 3.50. The minimum absolute atomic E-state index is 0.487. The molecular weight excluding hydrogens is 222 g/mol. The van der Waals surface area contributed by atoms with Crippen molar-refractivity contribution in [2.24, 2.45) is 5.84 Å². The zero-order valence-electron chi connectivity index (χ0n) is 9.60. The van der Waals surface area contributed by atoms with Gasteiger partial charge in [-0.2, -0.15) is 16.7 Å². The zero-order chi connectivity index (χ0) is 11.5. The maximum atomic E-state index is 5.35. The summed E-state index contributed by atoms with van der Waals surface area (Å²) in [6.45, 7) is 6.27. The van der Waals surface area contributed by atoms with Gasteiger partial charge in [0, 0.05) is 35.9 Å². The van der Waals surface area contributed by atoms with Gasteiger partial charge in [0.05, 0.1) is 0 Å². The van der Waals surface area contributed by atoms with E-state index < -0.39 is 0 Å². The van der Waals surface area contributed by atoms with Crippen LogP contribution in [0.2, 0.25) is 0 Å². The predicted molar refractivity (Wildman–Crippen MR) is 68.7 cm³/mol. The van der Waals surface area contributed by atoms with Crippen LogP contribution in [0.25, 0.3) is 0 Å². The fourth-order valence-corrected chi connectivity index (χ4v) is 2.82. The Morgan fingerprint density at radius 3 is 3.06 bits per heavy atom. The minimum atomic E-state index is 0.487. The van der Waals surface area contributed by atoms with Crippen molar-refractivity contribution in [3.63, 3.8) is 0 Å². The van der Waals surface area contributed by atoms with Gasteiger partial charge < -0.3 is 4.90 Å². The van der Waals surface area contributed by atoms with Gasteiger partial charge in [-0.3, -0.25) is 5.43 Å². The van der Waals surface area contributed by atoms with E-state index in [1.165, 1.54) is 0 Å². The quantitative estimate of drug-likeness (QED) is 0.593. The van der Waals surface area contributed by atoms with Crippen molar-refractivity contribution >= 4 is 23.5 Å². The van der Waals surface area contributed by atoms with Gasteiger partial charge >= 0.3 is 0 Å². The molecule has 16 heavy (non-hydrogen) atoms. The number of aromatic nitrogens is 2. The molecule has 1 aromatic heterocycles. The molecule has 1 aliphatic rings. The number of nitrogens with zero attached hydrogens (tertiary/aromatic N) is 3. The maximum absolute atomic E-state index is 5.35. The molecule has 0 bridgehead atoms. The second kappa shape index (κ2) is 4.88. The van der Waals surface area contributed by atoms with Crippen molar-refractivity contribution in [2.45, 2.75) is 19.1 Å². The molecule has 1 aromatic rings. The number of aryl methyl sites for hydroxylation is 1. The summed E-state index contributed by atoms with van der Waals surface area (Å²) in [6, 6.07) is 2.00. The summed E-state index contributed by atoms with van der Waals surface area (Å²) >= 11 is 2.01. The molecule has 1 fully saturated rings. The molecule has 0 aromatic carbocycles. The highest BCUT2D eigenvalue weighted by Gasteiger charge is 2.18. The molecular formula is C10H17N5S. The largest absolute Gasteiger partial charge is 0.355 e. The Morgan fingerprint density at radius 2 is 2.38 bits per heavy atom. The van der Waals surface area contributed by atoms with Gasteiger partial charge in [0.25, 0.3) is 0 Å². The number of hydrazine groups is 1. The van der Waals surface area contributed by atoms with Crippen molar-refractivity contribution in [2.75, 3.05) is 29.2 Å². The Hall–Kier alpha value is -1.01. The van der Waals surface area contributed by atoms with Crippen LogP contribution in [0.1, 0.15) is 12.6 Å². The minimum Gasteiger partial charge on any atom is -0.355 e. The van der Waals surface area contributed by atoms with Crippen molar-refractivity contribution in [3.8, 4) is 0 Å². The second-order valence-electron chi connectivity index (χ2n) is 3.96. The highest BCUT2D eigenvalue weighted by atomic mass is 32.2. The molecule has 6 heteroatoms. The fraction of sp³-hybridized carbons (Fsp3) is 0.600. The van der Waals surface area contributed by atoms with E-state index >= 15 is 0 Å². The van der Waals surface area contributed by atoms with Crippen LogP contribution in [0.5, 0.6) is 0 Å². The lowest BCUT2D eigenvalue weighted by atomic mass is 10.3. The van der Waals surface area contributed by atoms with Gasteiger partial charge in [-0.1, -0.05) is 6.92 Å². The van der Waals surface area contributed by atoms with Crippen LogP contribution < -0.4 is 16.2 Å². The van der Waals surface area contributed by atoms with Crippen molar-refractivity contribution < 1.29 is 0 Å². The van der Waals surface area contributed by atoms with Gasteiger partial charge in [0.15, 0.2) is 0 Å². The number of anilines is 2. The average Bonchev–Trinajstić information content (AvgIpc) is 2.28. The molecule has 2 heterocycles. The van der Waals surface area contributed by atoms with Gasteiger partial charge in [0.1, 0.15) is 5.82 Å². The molecule has 2 rings (SSSR count). The van der Waals surface area contributed by atoms with Gasteiger partial charge in [-0.25, -0.2) is 10.8 Å². The van der Waals surface area contributed by atoms with E-state index in [0.29, 0.717) is 11.2 Å². The van der Waals surface area contributed by atoms with Crippen LogP contribution >= 0.6 is 11.8 Å². The molecule has 3 N–H and O–H groups in total. The third-order valence-electron chi connectivity index (χ3n) is 2.53. The first-order valence-electron chi connectivity index (χ1n) is 5.38. The molecule has 0 spiro atoms. The van der Waals surface area contributed by atoms with Crippen LogP contribution in [0, 0.1) is 6.92 Å². The van der Waals surface area contributed by atoms with Crippen LogP contribution in [0.3, 0.4) is 0 Å². The second-order valence-corrected chi connectivity index (χ2v) is 5.51. The van der Waals surface area contributed by atoms with E-state index in [4.69, 9.17) is 5.84 Å². The third kappa shape index (κ3) is 2.56. The lowest BCUT2D eigenvalue weighted by molar-refractivity contribution is 0.767. The van der Waals surface area contributed by atoms with Gasteiger partial charge in [-0.15, -0.1) is 0 Å². The van der Waals surface area contributed by atoms with Crippen LogP contribution in [-0.4, -0.2) is 34.1 Å². The molecule has 88 valence electrons. The van der Waals surface area contributed by atoms with E-state index in [9.17, 15) is 0 Å². The van der Waals surface area contributed by atoms with E-state index in [1.807, 2.05) is 24.8 Å². The van der Waals surface area contributed by atoms with Crippen molar-refractivity contribution in [1.82, 2.24) is 9.97 Å². The van der Waals surface area contributed by atoms with Gasteiger partial charge in [0.2, 0.25) is 5.95 Å². The Morgan fingerprint density at radius 1 is 1.56 bits per heavy atom. The summed E-state index contributed by atoms with van der Waals surface area (Å²) in [5.41, 5.74) is 3.44. The Bertz CT molecular complexity index is 370. The average molecular weight is 239 g/mol. The molecule has 5 nitrogen and oxygen atoms in total. The first kappa shape index (κ1) is 11.5. The van der Waals surface area contributed by atoms with Crippen LogP contribution in [-0.2, 0) is 0 Å². The highest BCUT2D eigenvalue weighted by molar-refractivity contribution is 8.00. The zero-order valence-corrected chi connectivity index (χ0v) is 10.4. The van der Waals surface area contributed by atoms with Crippen molar-refractivity contribution in [3.05, 3.63) is 11.8 Å². The normalized spacial score (nSPS) is 20.9. The molecule has 0 aliphatic carbocycles. The maximum Gasteiger partial charge on any atom is 0.239 e. The Balaban J connectivity index is 2.21. The number of nitrogens with one attached hydrogen (secondary N) is 1. The van der Waals surface area contributed by atoms with E-state index in [0.717, 1.165) is 30.4 Å². The summed E-state index contributed by atoms with van der Waals surface area (Å²) in [4.78, 5) is 10.9.